The molecular weight excluding hydrogens is 535 g/mol. The molecule has 0 aromatic heterocycles. The largest absolute Gasteiger partial charge is 0.379 e. The lowest BCUT2D eigenvalue weighted by atomic mass is 9.62. The van der Waals surface area contributed by atoms with Gasteiger partial charge in [0, 0.05) is 47.3 Å². The van der Waals surface area contributed by atoms with Crippen LogP contribution < -0.4 is 16.0 Å². The van der Waals surface area contributed by atoms with Gasteiger partial charge in [0.2, 0.25) is 11.8 Å². The molecule has 0 radical (unpaired) electrons. The monoisotopic (exact) mass is 572 g/mol. The molecule has 2 aromatic carbocycles. The molecule has 0 aliphatic carbocycles. The van der Waals surface area contributed by atoms with E-state index < -0.39 is 17.4 Å². The number of amides is 2. The molecule has 3 N–H and O–H groups in total. The van der Waals surface area contributed by atoms with E-state index in [1.54, 1.807) is 6.07 Å². The highest BCUT2D eigenvalue weighted by atomic mass is 35.5. The molecule has 4 atom stereocenters. The van der Waals surface area contributed by atoms with Gasteiger partial charge in [0.05, 0.1) is 19.3 Å². The van der Waals surface area contributed by atoms with Gasteiger partial charge in [-0.3, -0.25) is 14.5 Å². The lowest BCUT2D eigenvalue weighted by Crippen LogP contribution is -2.49. The molecule has 39 heavy (non-hydrogen) atoms. The van der Waals surface area contributed by atoms with Crippen LogP contribution in [0.25, 0.3) is 0 Å². The molecule has 3 aliphatic rings. The second kappa shape index (κ2) is 11.4. The average Bonchev–Trinajstić information content (AvgIpc) is 3.36. The van der Waals surface area contributed by atoms with Gasteiger partial charge in [0.25, 0.3) is 0 Å². The van der Waals surface area contributed by atoms with Crippen LogP contribution in [0.4, 0.5) is 5.69 Å². The molecule has 2 saturated heterocycles. The maximum absolute atomic E-state index is 14.2. The number of carbonyl (C=O) groups excluding carboxylic acids is 2. The standard InChI is InChI=1S/C30H38Cl2N4O3/c1-29(2,3)18-24-30(22-9-8-21(32)17-23(22)34-28(30)38)25(19-6-4-7-20(31)16-19)26(35-24)27(37)33-10-5-11-36-12-14-39-15-13-36/h4,6-9,16-17,24-26,35H,5,10-15,18H2,1-3H3,(H,33,37)(H,34,38). The fourth-order valence-corrected chi connectivity index (χ4v) is 6.94. The van der Waals surface area contributed by atoms with Gasteiger partial charge in [0.15, 0.2) is 0 Å². The van der Waals surface area contributed by atoms with Gasteiger partial charge in [-0.05, 0) is 60.2 Å². The first-order chi connectivity index (χ1) is 18.6. The second-order valence-corrected chi connectivity index (χ2v) is 13.0. The molecule has 1 spiro atoms. The molecule has 5 rings (SSSR count). The number of hydrogen-bond donors (Lipinski definition) is 3. The van der Waals surface area contributed by atoms with Crippen LogP contribution in [-0.4, -0.2) is 68.2 Å². The van der Waals surface area contributed by atoms with Crippen LogP contribution in [0.2, 0.25) is 10.0 Å². The quantitative estimate of drug-likeness (QED) is 0.423. The molecule has 2 amide bonds. The highest BCUT2D eigenvalue weighted by molar-refractivity contribution is 6.31. The topological polar surface area (TPSA) is 82.7 Å². The normalized spacial score (nSPS) is 27.0. The summed E-state index contributed by atoms with van der Waals surface area (Å²) in [6, 6.07) is 12.2. The molecule has 210 valence electrons. The van der Waals surface area contributed by atoms with E-state index in [0.717, 1.165) is 50.4 Å². The highest BCUT2D eigenvalue weighted by Gasteiger charge is 2.65. The van der Waals surface area contributed by atoms with Crippen molar-refractivity contribution in [3.05, 3.63) is 63.6 Å². The summed E-state index contributed by atoms with van der Waals surface area (Å²) < 4.78 is 5.44. The number of halogens is 2. The molecule has 0 bridgehead atoms. The van der Waals surface area contributed by atoms with E-state index in [2.05, 4.69) is 41.6 Å². The zero-order valence-electron chi connectivity index (χ0n) is 22.9. The Kier molecular flexibility index (Phi) is 8.28. The van der Waals surface area contributed by atoms with Crippen molar-refractivity contribution in [2.24, 2.45) is 5.41 Å². The fourth-order valence-electron chi connectivity index (χ4n) is 6.57. The van der Waals surface area contributed by atoms with Gasteiger partial charge in [-0.1, -0.05) is 62.2 Å². The Morgan fingerprint density at radius 1 is 1.13 bits per heavy atom. The Labute approximate surface area is 240 Å². The van der Waals surface area contributed by atoms with Crippen LogP contribution in [-0.2, 0) is 19.7 Å². The van der Waals surface area contributed by atoms with Gasteiger partial charge >= 0.3 is 0 Å². The number of rotatable bonds is 7. The smallest absolute Gasteiger partial charge is 0.237 e. The number of nitrogens with zero attached hydrogens (tertiary/aromatic N) is 1. The average molecular weight is 574 g/mol. The third kappa shape index (κ3) is 5.70. The number of fused-ring (bicyclic) bond motifs is 2. The summed E-state index contributed by atoms with van der Waals surface area (Å²) in [5.74, 6) is -0.688. The molecule has 3 heterocycles. The fraction of sp³-hybridized carbons (Fsp3) is 0.533. The van der Waals surface area contributed by atoms with Crippen LogP contribution in [0.5, 0.6) is 0 Å². The molecule has 9 heteroatoms. The summed E-state index contributed by atoms with van der Waals surface area (Å²) in [6.07, 6.45) is 1.54. The molecule has 2 aromatic rings. The number of benzene rings is 2. The number of hydrogen-bond acceptors (Lipinski definition) is 5. The minimum absolute atomic E-state index is 0.0947. The third-order valence-corrected chi connectivity index (χ3v) is 8.64. The first kappa shape index (κ1) is 28.4. The summed E-state index contributed by atoms with van der Waals surface area (Å²) in [5, 5.41) is 11.0. The van der Waals surface area contributed by atoms with E-state index in [-0.39, 0.29) is 23.3 Å². The summed E-state index contributed by atoms with van der Waals surface area (Å²) in [4.78, 5) is 30.4. The van der Waals surface area contributed by atoms with Crippen molar-refractivity contribution in [2.45, 2.75) is 57.0 Å². The second-order valence-electron chi connectivity index (χ2n) is 12.1. The van der Waals surface area contributed by atoms with E-state index >= 15 is 0 Å². The van der Waals surface area contributed by atoms with Crippen molar-refractivity contribution in [2.75, 3.05) is 44.7 Å². The minimum atomic E-state index is -1.01. The molecular formula is C30H38Cl2N4O3. The number of carbonyl (C=O) groups is 2. The Hall–Kier alpha value is -2.16. The molecule has 3 aliphatic heterocycles. The maximum Gasteiger partial charge on any atom is 0.237 e. The molecule has 4 unspecified atom stereocenters. The Bertz CT molecular complexity index is 1230. The number of nitrogens with one attached hydrogen (secondary N) is 3. The third-order valence-electron chi connectivity index (χ3n) is 8.17. The van der Waals surface area contributed by atoms with Crippen molar-refractivity contribution in [3.63, 3.8) is 0 Å². The van der Waals surface area contributed by atoms with Gasteiger partial charge in [-0.15, -0.1) is 0 Å². The lowest BCUT2D eigenvalue weighted by Gasteiger charge is -2.37. The number of anilines is 1. The Morgan fingerprint density at radius 3 is 2.59 bits per heavy atom. The summed E-state index contributed by atoms with van der Waals surface area (Å²) >= 11 is 12.8. The van der Waals surface area contributed by atoms with Crippen molar-refractivity contribution >= 4 is 40.7 Å². The highest BCUT2D eigenvalue weighted by Crippen LogP contribution is 2.56. The van der Waals surface area contributed by atoms with Crippen LogP contribution in [0, 0.1) is 5.41 Å². The van der Waals surface area contributed by atoms with Gasteiger partial charge in [-0.2, -0.15) is 0 Å². The lowest BCUT2D eigenvalue weighted by molar-refractivity contribution is -0.123. The van der Waals surface area contributed by atoms with Gasteiger partial charge < -0.3 is 20.7 Å². The molecule has 7 nitrogen and oxygen atoms in total. The first-order valence-corrected chi connectivity index (χ1v) is 14.6. The van der Waals surface area contributed by atoms with Crippen molar-refractivity contribution < 1.29 is 14.3 Å². The summed E-state index contributed by atoms with van der Waals surface area (Å²) in [5.41, 5.74) is 1.33. The van der Waals surface area contributed by atoms with E-state index in [9.17, 15) is 9.59 Å². The molecule has 0 saturated carbocycles. The zero-order chi connectivity index (χ0) is 27.8. The van der Waals surface area contributed by atoms with Crippen molar-refractivity contribution in [1.29, 1.82) is 0 Å². The van der Waals surface area contributed by atoms with E-state index in [1.807, 2.05) is 36.4 Å². The first-order valence-electron chi connectivity index (χ1n) is 13.8. The zero-order valence-corrected chi connectivity index (χ0v) is 24.4. The van der Waals surface area contributed by atoms with Crippen molar-refractivity contribution in [3.8, 4) is 0 Å². The Morgan fingerprint density at radius 2 is 1.87 bits per heavy atom. The number of ether oxygens (including phenoxy) is 1. The van der Waals surface area contributed by atoms with Crippen LogP contribution in [0.3, 0.4) is 0 Å². The summed E-state index contributed by atoms with van der Waals surface area (Å²) in [7, 11) is 0. The van der Waals surface area contributed by atoms with Crippen LogP contribution in [0.1, 0.15) is 50.7 Å². The van der Waals surface area contributed by atoms with E-state index in [4.69, 9.17) is 27.9 Å². The predicted octanol–water partition coefficient (Wildman–Crippen LogP) is 4.58. The Balaban J connectivity index is 1.50. The summed E-state index contributed by atoms with van der Waals surface area (Å²) in [6.45, 7) is 11.3. The van der Waals surface area contributed by atoms with E-state index in [1.165, 1.54) is 0 Å². The number of morpholine rings is 1. The SMILES string of the molecule is CC(C)(C)CC1NC(C(=O)NCCCN2CCOCC2)C(c2cccc(Cl)c2)C12C(=O)Nc1cc(Cl)ccc12. The maximum atomic E-state index is 14.2. The van der Waals surface area contributed by atoms with Crippen LogP contribution >= 0.6 is 23.2 Å². The predicted molar refractivity (Wildman–Crippen MR) is 156 cm³/mol. The minimum Gasteiger partial charge on any atom is -0.379 e. The van der Waals surface area contributed by atoms with Gasteiger partial charge in [0.1, 0.15) is 5.41 Å². The van der Waals surface area contributed by atoms with Crippen molar-refractivity contribution in [1.82, 2.24) is 15.5 Å². The molecule has 2 fully saturated rings. The van der Waals surface area contributed by atoms with Crippen LogP contribution in [0.15, 0.2) is 42.5 Å². The van der Waals surface area contributed by atoms with E-state index in [0.29, 0.717) is 28.7 Å². The van der Waals surface area contributed by atoms with Gasteiger partial charge in [-0.25, -0.2) is 0 Å².